The van der Waals surface area contributed by atoms with Gasteiger partial charge in [-0.1, -0.05) is 0 Å². The van der Waals surface area contributed by atoms with Gasteiger partial charge in [-0.3, -0.25) is 0 Å². The van der Waals surface area contributed by atoms with E-state index < -0.39 is 11.7 Å². The summed E-state index contributed by atoms with van der Waals surface area (Å²) >= 11 is 3.26. The summed E-state index contributed by atoms with van der Waals surface area (Å²) in [6.07, 6.45) is -1.52. The molecule has 0 spiro atoms. The van der Waals surface area contributed by atoms with Crippen LogP contribution in [0.5, 0.6) is 0 Å². The number of nitrogens with two attached hydrogens (primary N) is 1. The summed E-state index contributed by atoms with van der Waals surface area (Å²) in [6.45, 7) is 0.460. The van der Waals surface area contributed by atoms with Gasteiger partial charge in [-0.05, 0) is 53.0 Å². The van der Waals surface area contributed by atoms with Crippen LogP contribution in [0.1, 0.15) is 17.5 Å². The van der Waals surface area contributed by atoms with Crippen molar-refractivity contribution in [3.63, 3.8) is 0 Å². The van der Waals surface area contributed by atoms with Crippen LogP contribution in [0.15, 0.2) is 22.8 Å². The number of nitrogens with one attached hydrogen (secondary N) is 1. The van der Waals surface area contributed by atoms with Crippen molar-refractivity contribution in [1.82, 2.24) is 4.98 Å². The monoisotopic (exact) mass is 320 g/mol. The molecule has 6 heteroatoms. The molecule has 98 valence electrons. The van der Waals surface area contributed by atoms with E-state index in [0.29, 0.717) is 34.9 Å². The number of aryl methyl sites for hydroxylation is 1. The smallest absolute Gasteiger partial charge is 0.360 e. The summed E-state index contributed by atoms with van der Waals surface area (Å²) in [5, 5.41) is 0.241. The molecule has 0 saturated heterocycles. The van der Waals surface area contributed by atoms with Gasteiger partial charge in [0.15, 0.2) is 0 Å². The lowest BCUT2D eigenvalue weighted by Crippen LogP contribution is -2.07. The zero-order valence-electron chi connectivity index (χ0n) is 9.44. The molecule has 0 atom stereocenters. The van der Waals surface area contributed by atoms with Crippen LogP contribution >= 0.6 is 15.9 Å². The predicted octanol–water partition coefficient (Wildman–Crippen LogP) is 3.84. The van der Waals surface area contributed by atoms with Crippen molar-refractivity contribution >= 4 is 26.8 Å². The van der Waals surface area contributed by atoms with Crippen LogP contribution in [0.25, 0.3) is 10.9 Å². The first-order chi connectivity index (χ1) is 8.45. The van der Waals surface area contributed by atoms with E-state index in [2.05, 4.69) is 20.9 Å². The minimum absolute atomic E-state index is 0.241. The van der Waals surface area contributed by atoms with Gasteiger partial charge in [0.05, 0.1) is 11.1 Å². The number of benzene rings is 1. The third kappa shape index (κ3) is 2.40. The molecule has 2 nitrogen and oxygen atoms in total. The Labute approximate surface area is 110 Å². The minimum atomic E-state index is -4.35. The summed E-state index contributed by atoms with van der Waals surface area (Å²) in [5.74, 6) is 0. The molecule has 2 rings (SSSR count). The molecule has 1 heterocycles. The van der Waals surface area contributed by atoms with Gasteiger partial charge >= 0.3 is 6.18 Å². The number of alkyl halides is 3. The van der Waals surface area contributed by atoms with Gasteiger partial charge in [0.1, 0.15) is 0 Å². The molecule has 0 aliphatic carbocycles. The van der Waals surface area contributed by atoms with E-state index in [4.69, 9.17) is 5.73 Å². The first kappa shape index (κ1) is 13.4. The number of aromatic amines is 1. The maximum Gasteiger partial charge on any atom is 0.417 e. The molecule has 0 saturated carbocycles. The number of rotatable bonds is 3. The largest absolute Gasteiger partial charge is 0.417 e. The average Bonchev–Trinajstić information content (AvgIpc) is 2.70. The van der Waals surface area contributed by atoms with Crippen molar-refractivity contribution in [2.75, 3.05) is 6.54 Å². The molecule has 0 aliphatic heterocycles. The molecule has 0 amide bonds. The van der Waals surface area contributed by atoms with Crippen molar-refractivity contribution in [1.29, 1.82) is 0 Å². The Morgan fingerprint density at radius 1 is 1.28 bits per heavy atom. The zero-order valence-corrected chi connectivity index (χ0v) is 11.0. The quantitative estimate of drug-likeness (QED) is 0.886. The number of fused-ring (bicyclic) bond motifs is 1. The van der Waals surface area contributed by atoms with Crippen LogP contribution in [0.3, 0.4) is 0 Å². The van der Waals surface area contributed by atoms with Crippen molar-refractivity contribution in [3.05, 3.63) is 33.9 Å². The van der Waals surface area contributed by atoms with E-state index >= 15 is 0 Å². The molecule has 2 aromatic rings. The summed E-state index contributed by atoms with van der Waals surface area (Å²) in [7, 11) is 0. The number of H-pyrrole nitrogens is 1. The van der Waals surface area contributed by atoms with Gasteiger partial charge in [-0.15, -0.1) is 0 Å². The summed E-state index contributed by atoms with van der Waals surface area (Å²) in [6, 6.07) is 2.51. The molecule has 0 fully saturated rings. The third-order valence-corrected chi connectivity index (χ3v) is 3.48. The molecule has 1 aromatic heterocycles. The van der Waals surface area contributed by atoms with Crippen molar-refractivity contribution < 1.29 is 13.2 Å². The number of hydrogen-bond donors (Lipinski definition) is 2. The molecule has 0 aliphatic rings. The Balaban J connectivity index is 2.64. The highest BCUT2D eigenvalue weighted by atomic mass is 79.9. The second kappa shape index (κ2) is 4.93. The van der Waals surface area contributed by atoms with Crippen molar-refractivity contribution in [3.8, 4) is 0 Å². The second-order valence-electron chi connectivity index (χ2n) is 4.05. The highest BCUT2D eigenvalue weighted by Crippen LogP contribution is 2.39. The van der Waals surface area contributed by atoms with Gasteiger partial charge in [-0.2, -0.15) is 13.2 Å². The summed E-state index contributed by atoms with van der Waals surface area (Å²) < 4.78 is 39.6. The maximum absolute atomic E-state index is 13.0. The lowest BCUT2D eigenvalue weighted by atomic mass is 10.0. The Bertz CT molecular complexity index is 560. The van der Waals surface area contributed by atoms with Gasteiger partial charge in [0.25, 0.3) is 0 Å². The molecule has 3 N–H and O–H groups in total. The molecule has 18 heavy (non-hydrogen) atoms. The zero-order chi connectivity index (χ0) is 13.3. The topological polar surface area (TPSA) is 41.8 Å². The fourth-order valence-electron chi connectivity index (χ4n) is 2.01. The van der Waals surface area contributed by atoms with Crippen LogP contribution in [0.2, 0.25) is 0 Å². The summed E-state index contributed by atoms with van der Waals surface area (Å²) in [4.78, 5) is 2.89. The molecule has 1 aromatic carbocycles. The molecule has 0 radical (unpaired) electrons. The van der Waals surface area contributed by atoms with E-state index in [1.165, 1.54) is 6.07 Å². The third-order valence-electron chi connectivity index (χ3n) is 2.82. The van der Waals surface area contributed by atoms with Crippen LogP contribution in [-0.4, -0.2) is 11.5 Å². The maximum atomic E-state index is 13.0. The summed E-state index contributed by atoms with van der Waals surface area (Å²) in [5.41, 5.74) is 5.94. The van der Waals surface area contributed by atoms with Crippen LogP contribution < -0.4 is 5.73 Å². The SMILES string of the molecule is NCCCc1c[nH]c2c(Br)ccc(C(F)(F)F)c12. The number of aromatic nitrogens is 1. The fraction of sp³-hybridized carbons (Fsp3) is 0.333. The van der Waals surface area contributed by atoms with Gasteiger partial charge < -0.3 is 10.7 Å². The van der Waals surface area contributed by atoms with Crippen molar-refractivity contribution in [2.45, 2.75) is 19.0 Å². The number of halogens is 4. The minimum Gasteiger partial charge on any atom is -0.360 e. The molecular formula is C12H12BrF3N2. The van der Waals surface area contributed by atoms with E-state index in [1.807, 2.05) is 0 Å². The number of hydrogen-bond acceptors (Lipinski definition) is 1. The van der Waals surface area contributed by atoms with Gasteiger partial charge in [-0.25, -0.2) is 0 Å². The normalized spacial score (nSPS) is 12.3. The Morgan fingerprint density at radius 3 is 2.61 bits per heavy atom. The van der Waals surface area contributed by atoms with Gasteiger partial charge in [0.2, 0.25) is 0 Å². The Hall–Kier alpha value is -1.01. The lowest BCUT2D eigenvalue weighted by molar-refractivity contribution is -0.136. The van der Waals surface area contributed by atoms with E-state index in [9.17, 15) is 13.2 Å². The van der Waals surface area contributed by atoms with E-state index in [1.54, 1.807) is 6.20 Å². The fourth-order valence-corrected chi connectivity index (χ4v) is 2.45. The standard InChI is InChI=1S/C12H12BrF3N2/c13-9-4-3-8(12(14,15)16)10-7(2-1-5-17)6-18-11(9)10/h3-4,6,18H,1-2,5,17H2. The Kier molecular flexibility index (Phi) is 3.68. The highest BCUT2D eigenvalue weighted by Gasteiger charge is 2.34. The van der Waals surface area contributed by atoms with Gasteiger partial charge in [0, 0.05) is 16.1 Å². The first-order valence-electron chi connectivity index (χ1n) is 5.51. The van der Waals surface area contributed by atoms with Crippen LogP contribution in [0, 0.1) is 0 Å². The van der Waals surface area contributed by atoms with E-state index in [-0.39, 0.29) is 5.39 Å². The predicted molar refractivity (Wildman–Crippen MR) is 68.4 cm³/mol. The van der Waals surface area contributed by atoms with Crippen LogP contribution in [0.4, 0.5) is 13.2 Å². The second-order valence-corrected chi connectivity index (χ2v) is 4.90. The first-order valence-corrected chi connectivity index (χ1v) is 6.30. The van der Waals surface area contributed by atoms with Crippen molar-refractivity contribution in [2.24, 2.45) is 5.73 Å². The molecular weight excluding hydrogens is 309 g/mol. The van der Waals surface area contributed by atoms with E-state index in [0.717, 1.165) is 6.07 Å². The highest BCUT2D eigenvalue weighted by molar-refractivity contribution is 9.10. The molecule has 0 bridgehead atoms. The lowest BCUT2D eigenvalue weighted by Gasteiger charge is -2.10. The van der Waals surface area contributed by atoms with Crippen LogP contribution in [-0.2, 0) is 12.6 Å². The Morgan fingerprint density at radius 2 is 2.00 bits per heavy atom. The molecule has 0 unspecified atom stereocenters. The average molecular weight is 321 g/mol.